The number of imide groups is 1. The number of benzene rings is 2. The predicted molar refractivity (Wildman–Crippen MR) is 105 cm³/mol. The Bertz CT molecular complexity index is 1020. The van der Waals surface area contributed by atoms with Crippen LogP contribution in [0.5, 0.6) is 5.75 Å². The quantitative estimate of drug-likeness (QED) is 0.456. The van der Waals surface area contributed by atoms with Gasteiger partial charge in [-0.2, -0.15) is 0 Å². The van der Waals surface area contributed by atoms with E-state index in [1.54, 1.807) is 42.5 Å². The number of nitrogens with zero attached hydrogens (tertiary/aromatic N) is 1. The van der Waals surface area contributed by atoms with Crippen molar-refractivity contribution < 1.29 is 23.9 Å². The predicted octanol–water partition coefficient (Wildman–Crippen LogP) is 3.08. The van der Waals surface area contributed by atoms with Crippen molar-refractivity contribution in [1.29, 1.82) is 0 Å². The van der Waals surface area contributed by atoms with Crippen LogP contribution >= 0.6 is 23.4 Å². The first kappa shape index (κ1) is 19.7. The van der Waals surface area contributed by atoms with E-state index in [4.69, 9.17) is 22.1 Å². The maximum absolute atomic E-state index is 12.3. The fraction of sp³-hybridized carbons (Fsp3) is 0.0526. The largest absolute Gasteiger partial charge is 0.423 e. The zero-order valence-electron chi connectivity index (χ0n) is 14.3. The molecule has 3 rings (SSSR count). The van der Waals surface area contributed by atoms with E-state index in [0.717, 1.165) is 4.90 Å². The van der Waals surface area contributed by atoms with E-state index in [1.165, 1.54) is 12.1 Å². The molecule has 0 radical (unpaired) electrons. The first-order valence-corrected chi connectivity index (χ1v) is 9.15. The van der Waals surface area contributed by atoms with Gasteiger partial charge in [0.25, 0.3) is 11.1 Å². The molecule has 28 heavy (non-hydrogen) atoms. The van der Waals surface area contributed by atoms with Gasteiger partial charge in [-0.1, -0.05) is 35.9 Å². The normalized spacial score (nSPS) is 15.2. The fourth-order valence-electron chi connectivity index (χ4n) is 2.40. The lowest BCUT2D eigenvalue weighted by atomic mass is 10.2. The van der Waals surface area contributed by atoms with E-state index in [2.05, 4.69) is 0 Å². The van der Waals surface area contributed by atoms with Crippen molar-refractivity contribution >= 4 is 52.5 Å². The van der Waals surface area contributed by atoms with Crippen molar-refractivity contribution in [3.05, 3.63) is 69.6 Å². The smallest absolute Gasteiger partial charge is 0.345 e. The number of hydrogen-bond donors (Lipinski definition) is 1. The lowest BCUT2D eigenvalue weighted by molar-refractivity contribution is -0.127. The molecule has 1 aliphatic heterocycles. The van der Waals surface area contributed by atoms with Crippen LogP contribution in [-0.4, -0.2) is 34.5 Å². The monoisotopic (exact) mass is 416 g/mol. The number of carbonyl (C=O) groups is 4. The maximum Gasteiger partial charge on any atom is 0.345 e. The number of amides is 3. The van der Waals surface area contributed by atoms with Gasteiger partial charge >= 0.3 is 5.97 Å². The van der Waals surface area contributed by atoms with Crippen LogP contribution in [0.25, 0.3) is 6.08 Å². The van der Waals surface area contributed by atoms with Crippen molar-refractivity contribution in [2.75, 3.05) is 6.54 Å². The standard InChI is InChI=1S/C19H13ClN2O5S/c20-14-7-2-1-6-13(14)18(25)27-12-5-3-4-11(8-12)9-15-17(24)22(10-16(21)23)19(26)28-15/h1-9H,10H2,(H2,21,23)/b15-9-. The minimum atomic E-state index is -0.781. The molecule has 0 bridgehead atoms. The van der Waals surface area contributed by atoms with E-state index in [0.29, 0.717) is 17.3 Å². The second-order valence-corrected chi connectivity index (χ2v) is 7.08. The third-order valence-electron chi connectivity index (χ3n) is 3.65. The molecule has 1 saturated heterocycles. The molecule has 2 aromatic rings. The van der Waals surface area contributed by atoms with Gasteiger partial charge < -0.3 is 10.5 Å². The van der Waals surface area contributed by atoms with Crippen molar-refractivity contribution in [2.45, 2.75) is 0 Å². The van der Waals surface area contributed by atoms with Gasteiger partial charge in [0, 0.05) is 0 Å². The van der Waals surface area contributed by atoms with Gasteiger partial charge in [-0.05, 0) is 47.7 Å². The number of hydrogen-bond acceptors (Lipinski definition) is 6. The molecule has 0 spiro atoms. The Morgan fingerprint density at radius 3 is 2.61 bits per heavy atom. The molecule has 0 saturated carbocycles. The van der Waals surface area contributed by atoms with Crippen molar-refractivity contribution in [2.24, 2.45) is 5.73 Å². The second-order valence-electron chi connectivity index (χ2n) is 5.68. The van der Waals surface area contributed by atoms with Crippen LogP contribution in [0.4, 0.5) is 4.79 Å². The molecule has 0 aromatic heterocycles. The number of nitrogens with two attached hydrogens (primary N) is 1. The van der Waals surface area contributed by atoms with E-state index < -0.39 is 29.6 Å². The molecule has 2 aromatic carbocycles. The second kappa shape index (κ2) is 8.28. The lowest BCUT2D eigenvalue weighted by Crippen LogP contribution is -2.36. The van der Waals surface area contributed by atoms with Crippen LogP contribution in [0.2, 0.25) is 5.02 Å². The molecule has 0 atom stereocenters. The summed E-state index contributed by atoms with van der Waals surface area (Å²) < 4.78 is 5.33. The minimum Gasteiger partial charge on any atom is -0.423 e. The first-order chi connectivity index (χ1) is 13.3. The summed E-state index contributed by atoms with van der Waals surface area (Å²) in [5.41, 5.74) is 5.81. The molecular formula is C19H13ClN2O5S. The Hall–Kier alpha value is -3.10. The molecule has 2 N–H and O–H groups in total. The van der Waals surface area contributed by atoms with Crippen LogP contribution in [0, 0.1) is 0 Å². The number of carbonyl (C=O) groups excluding carboxylic acids is 4. The SMILES string of the molecule is NC(=O)CN1C(=O)S/C(=C\c2cccc(OC(=O)c3ccccc3Cl)c2)C1=O. The fourth-order valence-corrected chi connectivity index (χ4v) is 3.45. The molecule has 7 nitrogen and oxygen atoms in total. The topological polar surface area (TPSA) is 107 Å². The van der Waals surface area contributed by atoms with Gasteiger partial charge in [-0.3, -0.25) is 19.3 Å². The number of thioether (sulfide) groups is 1. The number of rotatable bonds is 5. The number of esters is 1. The van der Waals surface area contributed by atoms with Gasteiger partial charge in [0.1, 0.15) is 12.3 Å². The maximum atomic E-state index is 12.3. The Kier molecular flexibility index (Phi) is 5.81. The highest BCUT2D eigenvalue weighted by atomic mass is 35.5. The third kappa shape index (κ3) is 4.41. The number of ether oxygens (including phenoxy) is 1. The van der Waals surface area contributed by atoms with Crippen molar-refractivity contribution in [1.82, 2.24) is 4.90 Å². The summed E-state index contributed by atoms with van der Waals surface area (Å²) in [6.45, 7) is -0.475. The zero-order valence-corrected chi connectivity index (χ0v) is 15.8. The summed E-state index contributed by atoms with van der Waals surface area (Å²) in [5, 5.41) is -0.303. The molecular weight excluding hydrogens is 404 g/mol. The van der Waals surface area contributed by atoms with Gasteiger partial charge in [-0.15, -0.1) is 0 Å². The van der Waals surface area contributed by atoms with Gasteiger partial charge in [0.05, 0.1) is 15.5 Å². The minimum absolute atomic E-state index is 0.140. The lowest BCUT2D eigenvalue weighted by Gasteiger charge is -2.08. The van der Waals surface area contributed by atoms with Crippen LogP contribution < -0.4 is 10.5 Å². The van der Waals surface area contributed by atoms with Gasteiger partial charge in [0.2, 0.25) is 5.91 Å². The summed E-state index contributed by atoms with van der Waals surface area (Å²) in [5.74, 6) is -1.76. The molecule has 3 amide bonds. The number of primary amides is 1. The molecule has 0 aliphatic carbocycles. The Balaban J connectivity index is 1.79. The molecule has 142 valence electrons. The Morgan fingerprint density at radius 2 is 1.89 bits per heavy atom. The van der Waals surface area contributed by atoms with E-state index in [-0.39, 0.29) is 21.2 Å². The van der Waals surface area contributed by atoms with Crippen LogP contribution in [0.3, 0.4) is 0 Å². The van der Waals surface area contributed by atoms with Crippen LogP contribution in [-0.2, 0) is 9.59 Å². The Labute approximate surface area is 169 Å². The zero-order chi connectivity index (χ0) is 20.3. The highest BCUT2D eigenvalue weighted by Crippen LogP contribution is 2.32. The van der Waals surface area contributed by atoms with E-state index >= 15 is 0 Å². The highest BCUT2D eigenvalue weighted by Gasteiger charge is 2.35. The summed E-state index contributed by atoms with van der Waals surface area (Å²) in [6.07, 6.45) is 1.47. The third-order valence-corrected chi connectivity index (χ3v) is 4.88. The van der Waals surface area contributed by atoms with Crippen molar-refractivity contribution in [3.8, 4) is 5.75 Å². The van der Waals surface area contributed by atoms with Gasteiger partial charge in [-0.25, -0.2) is 4.79 Å². The average molecular weight is 417 g/mol. The van der Waals surface area contributed by atoms with E-state index in [9.17, 15) is 19.2 Å². The van der Waals surface area contributed by atoms with Crippen LogP contribution in [0.15, 0.2) is 53.4 Å². The highest BCUT2D eigenvalue weighted by molar-refractivity contribution is 8.18. The molecule has 1 fully saturated rings. The van der Waals surface area contributed by atoms with Crippen LogP contribution in [0.1, 0.15) is 15.9 Å². The summed E-state index contributed by atoms with van der Waals surface area (Å²) >= 11 is 6.69. The van der Waals surface area contributed by atoms with E-state index in [1.807, 2.05) is 0 Å². The molecule has 1 aliphatic rings. The molecule has 9 heteroatoms. The molecule has 1 heterocycles. The summed E-state index contributed by atoms with van der Waals surface area (Å²) in [6, 6.07) is 12.9. The average Bonchev–Trinajstić information content (AvgIpc) is 2.89. The summed E-state index contributed by atoms with van der Waals surface area (Å²) in [7, 11) is 0. The summed E-state index contributed by atoms with van der Waals surface area (Å²) in [4.78, 5) is 48.3. The Morgan fingerprint density at radius 1 is 1.14 bits per heavy atom. The van der Waals surface area contributed by atoms with Crippen molar-refractivity contribution in [3.63, 3.8) is 0 Å². The number of halogens is 1. The molecule has 0 unspecified atom stereocenters. The van der Waals surface area contributed by atoms with Gasteiger partial charge in [0.15, 0.2) is 0 Å². The first-order valence-electron chi connectivity index (χ1n) is 7.95.